The number of benzene rings is 1. The number of likely N-dealkylation sites (tertiary alicyclic amines) is 1. The predicted molar refractivity (Wildman–Crippen MR) is 115 cm³/mol. The summed E-state index contributed by atoms with van der Waals surface area (Å²) in [6.07, 6.45) is 1.31. The highest BCUT2D eigenvalue weighted by molar-refractivity contribution is 8.00. The molecule has 6 nitrogen and oxygen atoms in total. The molecule has 8 heteroatoms. The van der Waals surface area contributed by atoms with Crippen LogP contribution in [-0.2, 0) is 14.3 Å². The first-order valence-corrected chi connectivity index (χ1v) is 11.3. The molecule has 150 valence electrons. The van der Waals surface area contributed by atoms with Crippen LogP contribution in [0.15, 0.2) is 46.8 Å². The van der Waals surface area contributed by atoms with Crippen LogP contribution in [0, 0.1) is 5.92 Å². The van der Waals surface area contributed by atoms with Crippen molar-refractivity contribution in [2.45, 2.75) is 17.9 Å². The number of thiophene rings is 1. The molecule has 4 rings (SSSR count). The third kappa shape index (κ3) is 4.43. The zero-order valence-electron chi connectivity index (χ0n) is 16.0. The normalized spacial score (nSPS) is 14.9. The van der Waals surface area contributed by atoms with E-state index in [-0.39, 0.29) is 17.8 Å². The number of nitrogens with zero attached hydrogens (tertiary/aromatic N) is 3. The molecule has 1 aliphatic heterocycles. The Morgan fingerprint density at radius 1 is 1.17 bits per heavy atom. The first-order valence-electron chi connectivity index (χ1n) is 9.45. The summed E-state index contributed by atoms with van der Waals surface area (Å²) in [6, 6.07) is 11.9. The molecule has 0 radical (unpaired) electrons. The van der Waals surface area contributed by atoms with Crippen LogP contribution in [0.2, 0.25) is 0 Å². The first-order chi connectivity index (χ1) is 14.2. The highest BCUT2D eigenvalue weighted by Gasteiger charge is 2.28. The number of carbonyl (C=O) groups is 2. The van der Waals surface area contributed by atoms with Crippen molar-refractivity contribution in [3.63, 3.8) is 0 Å². The molecule has 0 unspecified atom stereocenters. The molecule has 3 aromatic rings. The van der Waals surface area contributed by atoms with Crippen LogP contribution in [0.1, 0.15) is 12.8 Å². The fourth-order valence-corrected chi connectivity index (χ4v) is 5.01. The molecule has 1 aromatic carbocycles. The topological polar surface area (TPSA) is 72.4 Å². The maximum absolute atomic E-state index is 12.7. The number of amides is 1. The number of thioether (sulfide) groups is 1. The van der Waals surface area contributed by atoms with Crippen LogP contribution in [0.4, 0.5) is 0 Å². The molecule has 0 saturated carbocycles. The average Bonchev–Trinajstić information content (AvgIpc) is 3.31. The monoisotopic (exact) mass is 427 g/mol. The van der Waals surface area contributed by atoms with E-state index in [1.165, 1.54) is 18.9 Å². The van der Waals surface area contributed by atoms with Gasteiger partial charge in [-0.1, -0.05) is 36.0 Å². The van der Waals surface area contributed by atoms with Gasteiger partial charge in [0.15, 0.2) is 5.82 Å². The summed E-state index contributed by atoms with van der Waals surface area (Å²) in [7, 11) is 1.41. The molecule has 0 bridgehead atoms. The fraction of sp³-hybridized carbons (Fsp3) is 0.333. The second-order valence-corrected chi connectivity index (χ2v) is 8.73. The van der Waals surface area contributed by atoms with E-state index >= 15 is 0 Å². The Morgan fingerprint density at radius 2 is 1.97 bits per heavy atom. The van der Waals surface area contributed by atoms with E-state index in [9.17, 15) is 9.59 Å². The van der Waals surface area contributed by atoms with E-state index in [0.29, 0.717) is 37.5 Å². The molecule has 2 aromatic heterocycles. The lowest BCUT2D eigenvalue weighted by Gasteiger charge is -2.30. The van der Waals surface area contributed by atoms with E-state index in [0.717, 1.165) is 20.8 Å². The van der Waals surface area contributed by atoms with Gasteiger partial charge in [0.25, 0.3) is 0 Å². The number of esters is 1. The summed E-state index contributed by atoms with van der Waals surface area (Å²) in [5.41, 5.74) is 0.875. The first kappa shape index (κ1) is 19.8. The zero-order chi connectivity index (χ0) is 20.2. The highest BCUT2D eigenvalue weighted by atomic mass is 32.2. The SMILES string of the molecule is COC(=O)C1CCN(C(=O)CSc2nc(-c3cccs3)nc3ccccc23)CC1. The molecule has 1 aliphatic rings. The number of piperidine rings is 1. The molecule has 3 heterocycles. The summed E-state index contributed by atoms with van der Waals surface area (Å²) >= 11 is 3.04. The minimum Gasteiger partial charge on any atom is -0.469 e. The van der Waals surface area contributed by atoms with Crippen molar-refractivity contribution in [1.82, 2.24) is 14.9 Å². The average molecular weight is 428 g/mol. The molecule has 0 N–H and O–H groups in total. The van der Waals surface area contributed by atoms with Crippen molar-refractivity contribution in [1.29, 1.82) is 0 Å². The van der Waals surface area contributed by atoms with Crippen molar-refractivity contribution < 1.29 is 14.3 Å². The van der Waals surface area contributed by atoms with Crippen LogP contribution in [0.25, 0.3) is 21.6 Å². The predicted octanol–water partition coefficient (Wildman–Crippen LogP) is 3.86. The summed E-state index contributed by atoms with van der Waals surface area (Å²) in [6.45, 7) is 1.17. The zero-order valence-corrected chi connectivity index (χ0v) is 17.7. The van der Waals surface area contributed by atoms with Gasteiger partial charge in [-0.25, -0.2) is 9.97 Å². The number of fused-ring (bicyclic) bond motifs is 1. The van der Waals surface area contributed by atoms with Gasteiger partial charge in [-0.3, -0.25) is 9.59 Å². The number of aromatic nitrogens is 2. The highest BCUT2D eigenvalue weighted by Crippen LogP contribution is 2.30. The van der Waals surface area contributed by atoms with E-state index in [1.54, 1.807) is 11.3 Å². The molecule has 29 heavy (non-hydrogen) atoms. The van der Waals surface area contributed by atoms with E-state index in [1.807, 2.05) is 46.7 Å². The largest absolute Gasteiger partial charge is 0.469 e. The van der Waals surface area contributed by atoms with Crippen LogP contribution in [0.5, 0.6) is 0 Å². The van der Waals surface area contributed by atoms with Gasteiger partial charge < -0.3 is 9.64 Å². The Labute approximate surface area is 177 Å². The molecular weight excluding hydrogens is 406 g/mol. The summed E-state index contributed by atoms with van der Waals surface area (Å²) in [5.74, 6) is 0.787. The van der Waals surface area contributed by atoms with Crippen LogP contribution in [0.3, 0.4) is 0 Å². The van der Waals surface area contributed by atoms with Gasteiger partial charge in [0.05, 0.1) is 29.2 Å². The van der Waals surface area contributed by atoms with E-state index < -0.39 is 0 Å². The van der Waals surface area contributed by atoms with Gasteiger partial charge in [0.1, 0.15) is 5.03 Å². The number of ether oxygens (including phenoxy) is 1. The Morgan fingerprint density at radius 3 is 2.69 bits per heavy atom. The van der Waals surface area contributed by atoms with Gasteiger partial charge in [0, 0.05) is 18.5 Å². The minimum absolute atomic E-state index is 0.0682. The molecule has 0 spiro atoms. The lowest BCUT2D eigenvalue weighted by atomic mass is 9.97. The van der Waals surface area contributed by atoms with Crippen LogP contribution >= 0.6 is 23.1 Å². The van der Waals surface area contributed by atoms with Crippen molar-refractivity contribution in [3.8, 4) is 10.7 Å². The maximum Gasteiger partial charge on any atom is 0.308 e. The van der Waals surface area contributed by atoms with Gasteiger partial charge in [-0.05, 0) is 30.4 Å². The van der Waals surface area contributed by atoms with Crippen molar-refractivity contribution >= 4 is 45.9 Å². The number of methoxy groups -OCH3 is 1. The molecule has 1 amide bonds. The van der Waals surface area contributed by atoms with Gasteiger partial charge in [-0.2, -0.15) is 0 Å². The van der Waals surface area contributed by atoms with Crippen molar-refractivity contribution in [2.24, 2.45) is 5.92 Å². The lowest BCUT2D eigenvalue weighted by Crippen LogP contribution is -2.41. The summed E-state index contributed by atoms with van der Waals surface area (Å²) < 4.78 is 4.81. The van der Waals surface area contributed by atoms with Crippen molar-refractivity contribution in [3.05, 3.63) is 41.8 Å². The third-order valence-electron chi connectivity index (χ3n) is 5.02. The second kappa shape index (κ2) is 8.92. The standard InChI is InChI=1S/C21H21N3O3S2/c1-27-21(26)14-8-10-24(11-9-14)18(25)13-29-20-15-5-2-3-6-16(15)22-19(23-20)17-7-4-12-28-17/h2-7,12,14H,8-11,13H2,1H3. The minimum atomic E-state index is -0.181. The quantitative estimate of drug-likeness (QED) is 0.350. The number of rotatable bonds is 5. The van der Waals surface area contributed by atoms with Crippen LogP contribution in [-0.4, -0.2) is 52.7 Å². The number of hydrogen-bond acceptors (Lipinski definition) is 7. The summed E-state index contributed by atoms with van der Waals surface area (Å²) in [5, 5.41) is 3.77. The molecule has 0 aliphatic carbocycles. The molecule has 0 atom stereocenters. The molecule has 1 saturated heterocycles. The van der Waals surface area contributed by atoms with Crippen LogP contribution < -0.4 is 0 Å². The lowest BCUT2D eigenvalue weighted by molar-refractivity contribution is -0.148. The van der Waals surface area contributed by atoms with Crippen molar-refractivity contribution in [2.75, 3.05) is 26.0 Å². The Bertz CT molecular complexity index is 1020. The Balaban J connectivity index is 1.47. The molecular formula is C21H21N3O3S2. The van der Waals surface area contributed by atoms with Gasteiger partial charge in [-0.15, -0.1) is 11.3 Å². The number of carbonyl (C=O) groups excluding carboxylic acids is 2. The number of para-hydroxylation sites is 1. The van der Waals surface area contributed by atoms with Gasteiger partial charge in [0.2, 0.25) is 5.91 Å². The smallest absolute Gasteiger partial charge is 0.308 e. The second-order valence-electron chi connectivity index (χ2n) is 6.81. The summed E-state index contributed by atoms with van der Waals surface area (Å²) in [4.78, 5) is 36.6. The van der Waals surface area contributed by atoms with Gasteiger partial charge >= 0.3 is 5.97 Å². The van der Waals surface area contributed by atoms with E-state index in [4.69, 9.17) is 9.72 Å². The maximum atomic E-state index is 12.7. The Kier molecular flexibility index (Phi) is 6.10. The fourth-order valence-electron chi connectivity index (χ4n) is 3.43. The third-order valence-corrected chi connectivity index (χ3v) is 6.87. The molecule has 1 fully saturated rings. The van der Waals surface area contributed by atoms with E-state index in [2.05, 4.69) is 4.98 Å². The number of hydrogen-bond donors (Lipinski definition) is 0. The Hall–Kier alpha value is -2.45.